The number of hydrogen-bond donors (Lipinski definition) is 2. The van der Waals surface area contributed by atoms with Crippen molar-refractivity contribution in [1.29, 1.82) is 0 Å². The van der Waals surface area contributed by atoms with E-state index in [-0.39, 0.29) is 18.4 Å². The molecule has 0 spiro atoms. The predicted molar refractivity (Wildman–Crippen MR) is 93.9 cm³/mol. The number of anilines is 1. The molecule has 0 bridgehead atoms. The summed E-state index contributed by atoms with van der Waals surface area (Å²) >= 11 is 1.38. The summed E-state index contributed by atoms with van der Waals surface area (Å²) in [5, 5.41) is 5.86. The van der Waals surface area contributed by atoms with E-state index in [2.05, 4.69) is 15.6 Å². The number of amides is 2. The first-order chi connectivity index (χ1) is 11.5. The fraction of sp³-hybridized carbons (Fsp3) is 0.353. The molecule has 2 aromatic rings. The lowest BCUT2D eigenvalue weighted by molar-refractivity contribution is -0.119. The number of nitrogens with zero attached hydrogens (tertiary/aromatic N) is 1. The van der Waals surface area contributed by atoms with Crippen molar-refractivity contribution in [2.45, 2.75) is 33.4 Å². The highest BCUT2D eigenvalue weighted by Crippen LogP contribution is 2.17. The fourth-order valence-corrected chi connectivity index (χ4v) is 2.69. The van der Waals surface area contributed by atoms with E-state index in [4.69, 9.17) is 4.74 Å². The maximum Gasteiger partial charge on any atom is 0.408 e. The number of aromatic nitrogens is 1. The number of aryl methyl sites for hydroxylation is 1. The Morgan fingerprint density at radius 2 is 1.96 bits per heavy atom. The van der Waals surface area contributed by atoms with Crippen LogP contribution in [0.15, 0.2) is 36.5 Å². The molecule has 0 saturated carbocycles. The van der Waals surface area contributed by atoms with E-state index in [9.17, 15) is 9.59 Å². The van der Waals surface area contributed by atoms with Crippen LogP contribution in [0.4, 0.5) is 9.93 Å². The maximum atomic E-state index is 12.4. The van der Waals surface area contributed by atoms with Gasteiger partial charge in [-0.1, -0.05) is 44.2 Å². The minimum absolute atomic E-state index is 0.0877. The third-order valence-corrected chi connectivity index (χ3v) is 4.11. The van der Waals surface area contributed by atoms with Gasteiger partial charge in [0.1, 0.15) is 12.6 Å². The molecule has 1 heterocycles. The number of nitrogens with one attached hydrogen (secondary N) is 2. The third kappa shape index (κ3) is 5.34. The Balaban J connectivity index is 1.89. The third-order valence-electron chi connectivity index (χ3n) is 3.29. The molecule has 1 aromatic carbocycles. The summed E-state index contributed by atoms with van der Waals surface area (Å²) in [6, 6.07) is 8.67. The molecule has 2 rings (SSSR count). The smallest absolute Gasteiger partial charge is 0.408 e. The summed E-state index contributed by atoms with van der Waals surface area (Å²) < 4.78 is 5.17. The molecular weight excluding hydrogens is 326 g/mol. The molecule has 24 heavy (non-hydrogen) atoms. The first kappa shape index (κ1) is 17.9. The number of ether oxygens (including phenoxy) is 1. The quantitative estimate of drug-likeness (QED) is 0.840. The Hall–Kier alpha value is -2.41. The van der Waals surface area contributed by atoms with Crippen LogP contribution < -0.4 is 10.6 Å². The summed E-state index contributed by atoms with van der Waals surface area (Å²) in [5.74, 6) is -0.397. The predicted octanol–water partition coefficient (Wildman–Crippen LogP) is 3.34. The first-order valence-electron chi connectivity index (χ1n) is 7.66. The number of thiazole rings is 1. The van der Waals surface area contributed by atoms with Gasteiger partial charge in [-0.15, -0.1) is 11.3 Å². The molecule has 0 aliphatic heterocycles. The Morgan fingerprint density at radius 3 is 2.54 bits per heavy atom. The molecule has 1 atom stereocenters. The van der Waals surface area contributed by atoms with Crippen LogP contribution >= 0.6 is 11.3 Å². The molecule has 6 nitrogen and oxygen atoms in total. The van der Waals surface area contributed by atoms with Crippen molar-refractivity contribution in [3.05, 3.63) is 47.0 Å². The lowest BCUT2D eigenvalue weighted by atomic mass is 10.0. The van der Waals surface area contributed by atoms with Crippen LogP contribution in [0.25, 0.3) is 0 Å². The topological polar surface area (TPSA) is 80.3 Å². The normalized spacial score (nSPS) is 11.8. The van der Waals surface area contributed by atoms with E-state index in [1.54, 1.807) is 6.20 Å². The number of carbonyl (C=O) groups excluding carboxylic acids is 2. The van der Waals surface area contributed by atoms with Gasteiger partial charge in [0.05, 0.1) is 0 Å². The molecule has 0 saturated heterocycles. The lowest BCUT2D eigenvalue weighted by Crippen LogP contribution is -2.47. The molecule has 2 N–H and O–H groups in total. The average Bonchev–Trinajstić information content (AvgIpc) is 2.96. The second kappa shape index (κ2) is 8.44. The Labute approximate surface area is 145 Å². The molecule has 0 aliphatic rings. The molecule has 2 amide bonds. The van der Waals surface area contributed by atoms with Gasteiger partial charge in [0.25, 0.3) is 0 Å². The van der Waals surface area contributed by atoms with Gasteiger partial charge in [-0.2, -0.15) is 0 Å². The Kier molecular flexibility index (Phi) is 6.31. The van der Waals surface area contributed by atoms with Crippen molar-refractivity contribution in [2.24, 2.45) is 5.92 Å². The van der Waals surface area contributed by atoms with Gasteiger partial charge in [-0.05, 0) is 18.4 Å². The van der Waals surface area contributed by atoms with E-state index < -0.39 is 12.1 Å². The monoisotopic (exact) mass is 347 g/mol. The van der Waals surface area contributed by atoms with E-state index in [0.717, 1.165) is 10.4 Å². The number of hydrogen-bond acceptors (Lipinski definition) is 5. The molecule has 0 unspecified atom stereocenters. The average molecular weight is 347 g/mol. The van der Waals surface area contributed by atoms with Crippen LogP contribution in [0.3, 0.4) is 0 Å². The molecule has 0 aliphatic carbocycles. The molecular formula is C17H21N3O3S. The van der Waals surface area contributed by atoms with Crippen molar-refractivity contribution in [3.63, 3.8) is 0 Å². The van der Waals surface area contributed by atoms with Crippen LogP contribution in [0.2, 0.25) is 0 Å². The minimum Gasteiger partial charge on any atom is -0.445 e. The second-order valence-electron chi connectivity index (χ2n) is 5.69. The summed E-state index contributed by atoms with van der Waals surface area (Å²) in [4.78, 5) is 29.4. The Morgan fingerprint density at radius 1 is 1.25 bits per heavy atom. The van der Waals surface area contributed by atoms with Gasteiger partial charge in [0, 0.05) is 11.1 Å². The zero-order valence-electron chi connectivity index (χ0n) is 13.9. The maximum absolute atomic E-state index is 12.4. The summed E-state index contributed by atoms with van der Waals surface area (Å²) in [7, 11) is 0. The van der Waals surface area contributed by atoms with Crippen LogP contribution in [-0.2, 0) is 16.1 Å². The molecule has 7 heteroatoms. The van der Waals surface area contributed by atoms with Crippen molar-refractivity contribution in [2.75, 3.05) is 5.32 Å². The molecule has 0 radical (unpaired) electrons. The van der Waals surface area contributed by atoms with Gasteiger partial charge in [0.15, 0.2) is 5.13 Å². The van der Waals surface area contributed by atoms with Gasteiger partial charge in [-0.25, -0.2) is 9.78 Å². The standard InChI is InChI=1S/C17H21N3O3S/c1-11(2)14(15(21)20-16-18-9-12(3)24-16)19-17(22)23-10-13-7-5-4-6-8-13/h4-9,11,14H,10H2,1-3H3,(H,19,22)(H,18,20,21)/t14-/m0/s1. The first-order valence-corrected chi connectivity index (χ1v) is 8.48. The number of carbonyl (C=O) groups is 2. The van der Waals surface area contributed by atoms with Crippen LogP contribution in [0.1, 0.15) is 24.3 Å². The number of benzene rings is 1. The van der Waals surface area contributed by atoms with Gasteiger partial charge < -0.3 is 15.4 Å². The molecule has 128 valence electrons. The van der Waals surface area contributed by atoms with Gasteiger partial charge >= 0.3 is 6.09 Å². The van der Waals surface area contributed by atoms with Gasteiger partial charge in [0.2, 0.25) is 5.91 Å². The zero-order chi connectivity index (χ0) is 17.5. The van der Waals surface area contributed by atoms with E-state index in [1.807, 2.05) is 51.1 Å². The largest absolute Gasteiger partial charge is 0.445 e. The summed E-state index contributed by atoms with van der Waals surface area (Å²) in [6.45, 7) is 5.78. The highest BCUT2D eigenvalue weighted by molar-refractivity contribution is 7.15. The van der Waals surface area contributed by atoms with E-state index >= 15 is 0 Å². The van der Waals surface area contributed by atoms with E-state index in [0.29, 0.717) is 5.13 Å². The minimum atomic E-state index is -0.697. The SMILES string of the molecule is Cc1cnc(NC(=O)[C@@H](NC(=O)OCc2ccccc2)C(C)C)s1. The van der Waals surface area contributed by atoms with E-state index in [1.165, 1.54) is 11.3 Å². The highest BCUT2D eigenvalue weighted by Gasteiger charge is 2.25. The molecule has 1 aromatic heterocycles. The second-order valence-corrected chi connectivity index (χ2v) is 6.93. The number of alkyl carbamates (subject to hydrolysis) is 1. The zero-order valence-corrected chi connectivity index (χ0v) is 14.7. The number of rotatable bonds is 6. The summed E-state index contributed by atoms with van der Waals surface area (Å²) in [5.41, 5.74) is 0.886. The van der Waals surface area contributed by atoms with Crippen molar-refractivity contribution < 1.29 is 14.3 Å². The van der Waals surface area contributed by atoms with Crippen molar-refractivity contribution in [1.82, 2.24) is 10.3 Å². The van der Waals surface area contributed by atoms with Gasteiger partial charge in [-0.3, -0.25) is 4.79 Å². The lowest BCUT2D eigenvalue weighted by Gasteiger charge is -2.20. The van der Waals surface area contributed by atoms with Crippen molar-refractivity contribution in [3.8, 4) is 0 Å². The summed E-state index contributed by atoms with van der Waals surface area (Å²) in [6.07, 6.45) is 1.06. The Bertz CT molecular complexity index is 685. The van der Waals surface area contributed by atoms with Crippen LogP contribution in [0.5, 0.6) is 0 Å². The fourth-order valence-electron chi connectivity index (χ4n) is 2.02. The highest BCUT2D eigenvalue weighted by atomic mass is 32.1. The molecule has 0 fully saturated rings. The van der Waals surface area contributed by atoms with Crippen LogP contribution in [-0.4, -0.2) is 23.0 Å². The van der Waals surface area contributed by atoms with Crippen molar-refractivity contribution >= 4 is 28.5 Å². The van der Waals surface area contributed by atoms with Crippen LogP contribution in [0, 0.1) is 12.8 Å².